The zero-order valence-electron chi connectivity index (χ0n) is 12.0. The summed E-state index contributed by atoms with van der Waals surface area (Å²) in [6.45, 7) is 2.27. The van der Waals surface area contributed by atoms with Crippen LogP contribution < -0.4 is 5.73 Å². The minimum Gasteiger partial charge on any atom is -0.370 e. The number of nitrogens with two attached hydrogens (primary N) is 1. The Morgan fingerprint density at radius 1 is 1.33 bits per heavy atom. The van der Waals surface area contributed by atoms with Gasteiger partial charge in [-0.1, -0.05) is 30.3 Å². The van der Waals surface area contributed by atoms with E-state index >= 15 is 0 Å². The Balaban J connectivity index is 1.67. The van der Waals surface area contributed by atoms with Crippen LogP contribution in [0.4, 0.5) is 0 Å². The SMILES string of the molecule is NC1=NCC2(CC(=O)N3CCCC32)N1Cc1ccccc1. The van der Waals surface area contributed by atoms with Crippen LogP contribution in [-0.4, -0.2) is 46.3 Å². The Labute approximate surface area is 124 Å². The van der Waals surface area contributed by atoms with Gasteiger partial charge in [0.2, 0.25) is 5.91 Å². The van der Waals surface area contributed by atoms with Crippen LogP contribution in [-0.2, 0) is 11.3 Å². The molecule has 3 aliphatic rings. The fourth-order valence-corrected chi connectivity index (χ4v) is 4.16. The first-order valence-corrected chi connectivity index (χ1v) is 7.62. The first-order valence-electron chi connectivity index (χ1n) is 7.62. The van der Waals surface area contributed by atoms with E-state index in [1.54, 1.807) is 0 Å². The number of carbonyl (C=O) groups is 1. The van der Waals surface area contributed by atoms with Gasteiger partial charge in [0.25, 0.3) is 0 Å². The second kappa shape index (κ2) is 4.48. The van der Waals surface area contributed by atoms with Crippen molar-refractivity contribution in [2.75, 3.05) is 13.1 Å². The van der Waals surface area contributed by atoms with Gasteiger partial charge in [-0.25, -0.2) is 0 Å². The Morgan fingerprint density at radius 2 is 2.14 bits per heavy atom. The molecule has 1 amide bonds. The van der Waals surface area contributed by atoms with Gasteiger partial charge < -0.3 is 15.5 Å². The normalized spacial score (nSPS) is 31.1. The molecule has 0 saturated carbocycles. The summed E-state index contributed by atoms with van der Waals surface area (Å²) in [6, 6.07) is 10.6. The summed E-state index contributed by atoms with van der Waals surface area (Å²) in [4.78, 5) is 21.0. The highest BCUT2D eigenvalue weighted by molar-refractivity contribution is 5.87. The van der Waals surface area contributed by atoms with Crippen molar-refractivity contribution in [2.45, 2.75) is 37.4 Å². The van der Waals surface area contributed by atoms with Crippen LogP contribution in [0.5, 0.6) is 0 Å². The summed E-state index contributed by atoms with van der Waals surface area (Å²) in [5.74, 6) is 0.848. The summed E-state index contributed by atoms with van der Waals surface area (Å²) >= 11 is 0. The molecule has 21 heavy (non-hydrogen) atoms. The number of amides is 1. The van der Waals surface area contributed by atoms with E-state index in [0.29, 0.717) is 18.9 Å². The van der Waals surface area contributed by atoms with E-state index < -0.39 is 0 Å². The van der Waals surface area contributed by atoms with Crippen molar-refractivity contribution in [3.8, 4) is 0 Å². The molecule has 2 fully saturated rings. The molecule has 2 atom stereocenters. The third kappa shape index (κ3) is 1.76. The molecule has 2 unspecified atom stereocenters. The van der Waals surface area contributed by atoms with E-state index in [4.69, 9.17) is 5.73 Å². The number of hydrogen-bond acceptors (Lipinski definition) is 4. The van der Waals surface area contributed by atoms with Gasteiger partial charge in [0.1, 0.15) is 0 Å². The van der Waals surface area contributed by atoms with Crippen LogP contribution in [0.1, 0.15) is 24.8 Å². The molecule has 0 radical (unpaired) electrons. The lowest BCUT2D eigenvalue weighted by Gasteiger charge is -2.39. The van der Waals surface area contributed by atoms with Gasteiger partial charge in [-0.3, -0.25) is 9.79 Å². The Morgan fingerprint density at radius 3 is 2.95 bits per heavy atom. The fourth-order valence-electron chi connectivity index (χ4n) is 4.16. The molecule has 3 heterocycles. The molecule has 110 valence electrons. The van der Waals surface area contributed by atoms with E-state index in [1.807, 2.05) is 23.1 Å². The second-order valence-electron chi connectivity index (χ2n) is 6.27. The average Bonchev–Trinajstić information content (AvgIpc) is 3.15. The lowest BCUT2D eigenvalue weighted by Crippen LogP contribution is -2.56. The predicted molar refractivity (Wildman–Crippen MR) is 80.6 cm³/mol. The largest absolute Gasteiger partial charge is 0.370 e. The van der Waals surface area contributed by atoms with Gasteiger partial charge in [-0.15, -0.1) is 0 Å². The molecule has 1 spiro atoms. The number of guanidine groups is 1. The number of rotatable bonds is 2. The molecule has 0 aliphatic carbocycles. The molecule has 4 rings (SSSR count). The van der Waals surface area contributed by atoms with E-state index in [9.17, 15) is 4.79 Å². The summed E-state index contributed by atoms with van der Waals surface area (Å²) in [5.41, 5.74) is 7.15. The molecule has 2 N–H and O–H groups in total. The molecular weight excluding hydrogens is 264 g/mol. The Bertz CT molecular complexity index is 600. The Kier molecular flexibility index (Phi) is 2.71. The maximum Gasteiger partial charge on any atom is 0.225 e. The number of carbonyl (C=O) groups excluding carboxylic acids is 1. The van der Waals surface area contributed by atoms with Crippen molar-refractivity contribution < 1.29 is 4.79 Å². The molecule has 2 saturated heterocycles. The first-order chi connectivity index (χ1) is 10.2. The van der Waals surface area contributed by atoms with Crippen molar-refractivity contribution in [3.63, 3.8) is 0 Å². The minimum absolute atomic E-state index is 0.215. The van der Waals surface area contributed by atoms with Crippen LogP contribution in [0.25, 0.3) is 0 Å². The number of hydrogen-bond donors (Lipinski definition) is 1. The van der Waals surface area contributed by atoms with Gasteiger partial charge in [-0.05, 0) is 18.4 Å². The van der Waals surface area contributed by atoms with Gasteiger partial charge in [0, 0.05) is 13.1 Å². The van der Waals surface area contributed by atoms with Gasteiger partial charge in [0.15, 0.2) is 5.96 Å². The molecule has 5 heteroatoms. The monoisotopic (exact) mass is 284 g/mol. The number of fused-ring (bicyclic) bond motifs is 2. The van der Waals surface area contributed by atoms with E-state index in [2.05, 4.69) is 22.0 Å². The van der Waals surface area contributed by atoms with Crippen molar-refractivity contribution in [3.05, 3.63) is 35.9 Å². The molecule has 5 nitrogen and oxygen atoms in total. The third-order valence-electron chi connectivity index (χ3n) is 5.16. The maximum atomic E-state index is 12.3. The van der Waals surface area contributed by atoms with Crippen LogP contribution in [0.3, 0.4) is 0 Å². The van der Waals surface area contributed by atoms with Crippen molar-refractivity contribution in [2.24, 2.45) is 10.7 Å². The standard InChI is InChI=1S/C16H20N4O/c17-15-18-11-16(9-14(21)19-8-4-7-13(16)19)20(15)10-12-5-2-1-3-6-12/h1-3,5-6,13H,4,7-11H2,(H2,17,18). The number of nitrogens with zero attached hydrogens (tertiary/aromatic N) is 3. The van der Waals surface area contributed by atoms with E-state index in [-0.39, 0.29) is 17.5 Å². The Hall–Kier alpha value is -2.04. The zero-order chi connectivity index (χ0) is 14.4. The third-order valence-corrected chi connectivity index (χ3v) is 5.16. The number of aliphatic imine (C=N–C) groups is 1. The van der Waals surface area contributed by atoms with Gasteiger partial charge in [0.05, 0.1) is 24.5 Å². The van der Waals surface area contributed by atoms with Crippen LogP contribution in [0.15, 0.2) is 35.3 Å². The van der Waals surface area contributed by atoms with Crippen LogP contribution in [0.2, 0.25) is 0 Å². The smallest absolute Gasteiger partial charge is 0.225 e. The quantitative estimate of drug-likeness (QED) is 0.879. The molecule has 0 bridgehead atoms. The van der Waals surface area contributed by atoms with Crippen molar-refractivity contribution >= 4 is 11.9 Å². The summed E-state index contributed by atoms with van der Waals surface area (Å²) in [6.07, 6.45) is 2.71. The lowest BCUT2D eigenvalue weighted by molar-refractivity contribution is -0.127. The lowest BCUT2D eigenvalue weighted by atomic mass is 9.87. The number of benzene rings is 1. The molecule has 0 aromatic heterocycles. The van der Waals surface area contributed by atoms with E-state index in [0.717, 1.165) is 25.9 Å². The van der Waals surface area contributed by atoms with Crippen LogP contribution >= 0.6 is 0 Å². The topological polar surface area (TPSA) is 61.9 Å². The highest BCUT2D eigenvalue weighted by Gasteiger charge is 2.58. The zero-order valence-corrected chi connectivity index (χ0v) is 12.0. The molecule has 3 aliphatic heterocycles. The predicted octanol–water partition coefficient (Wildman–Crippen LogP) is 0.950. The average molecular weight is 284 g/mol. The van der Waals surface area contributed by atoms with Crippen LogP contribution in [0, 0.1) is 0 Å². The summed E-state index contributed by atoms with van der Waals surface area (Å²) in [7, 11) is 0. The van der Waals surface area contributed by atoms with Gasteiger partial charge in [-0.2, -0.15) is 0 Å². The second-order valence-corrected chi connectivity index (χ2v) is 6.27. The summed E-state index contributed by atoms with van der Waals surface area (Å²) in [5, 5.41) is 0. The van der Waals surface area contributed by atoms with Crippen molar-refractivity contribution in [1.82, 2.24) is 9.80 Å². The minimum atomic E-state index is -0.215. The molecular formula is C16H20N4O. The maximum absolute atomic E-state index is 12.3. The first kappa shape index (κ1) is 12.7. The highest BCUT2D eigenvalue weighted by atomic mass is 16.2. The molecule has 1 aromatic rings. The van der Waals surface area contributed by atoms with E-state index in [1.165, 1.54) is 5.56 Å². The van der Waals surface area contributed by atoms with Gasteiger partial charge >= 0.3 is 0 Å². The van der Waals surface area contributed by atoms with Crippen molar-refractivity contribution in [1.29, 1.82) is 0 Å². The fraction of sp³-hybridized carbons (Fsp3) is 0.500. The highest BCUT2D eigenvalue weighted by Crippen LogP contribution is 2.43. The summed E-state index contributed by atoms with van der Waals surface area (Å²) < 4.78 is 0. The molecule has 1 aromatic carbocycles.